The van der Waals surface area contributed by atoms with E-state index in [0.717, 1.165) is 0 Å². The third-order valence-corrected chi connectivity index (χ3v) is 4.96. The summed E-state index contributed by atoms with van der Waals surface area (Å²) in [7, 11) is 0. The number of hydrazine groups is 1. The fourth-order valence-corrected chi connectivity index (χ4v) is 3.46. The van der Waals surface area contributed by atoms with Gasteiger partial charge in [0.2, 0.25) is 0 Å². The van der Waals surface area contributed by atoms with Crippen molar-refractivity contribution in [2.24, 2.45) is 0 Å². The Morgan fingerprint density at radius 1 is 1.00 bits per heavy atom. The normalized spacial score (nSPS) is 10.6. The van der Waals surface area contributed by atoms with Gasteiger partial charge in [0.05, 0.1) is 28.1 Å². The van der Waals surface area contributed by atoms with Crippen molar-refractivity contribution >= 4 is 63.0 Å². The summed E-state index contributed by atoms with van der Waals surface area (Å²) in [4.78, 5) is 17.5. The van der Waals surface area contributed by atoms with E-state index in [2.05, 4.69) is 21.2 Å². The highest BCUT2D eigenvalue weighted by Crippen LogP contribution is 2.26. The molecule has 0 atom stereocenters. The molecule has 3 N–H and O–H groups in total. The van der Waals surface area contributed by atoms with E-state index < -0.39 is 0 Å². The van der Waals surface area contributed by atoms with Gasteiger partial charge in [-0.25, -0.2) is 4.98 Å². The number of carbonyl (C=O) groups is 1. The molecule has 30 heavy (non-hydrogen) atoms. The Morgan fingerprint density at radius 2 is 1.83 bits per heavy atom. The van der Waals surface area contributed by atoms with Crippen molar-refractivity contribution in [2.75, 3.05) is 5.32 Å². The largest absolute Gasteiger partial charge is 0.463 e. The molecule has 2 aromatic heterocycles. The summed E-state index contributed by atoms with van der Waals surface area (Å²) < 4.78 is 5.42. The lowest BCUT2D eigenvalue weighted by Crippen LogP contribution is -2.43. The number of hydrogen-bond donors (Lipinski definition) is 3. The minimum atomic E-state index is -0.382. The van der Waals surface area contributed by atoms with Gasteiger partial charge in [0.1, 0.15) is 5.69 Å². The Labute approximate surface area is 187 Å². The van der Waals surface area contributed by atoms with Crippen LogP contribution in [0.15, 0.2) is 71.3 Å². The van der Waals surface area contributed by atoms with E-state index in [1.165, 1.54) is 0 Å². The van der Waals surface area contributed by atoms with Gasteiger partial charge in [-0.15, -0.1) is 0 Å². The van der Waals surface area contributed by atoms with Crippen LogP contribution in [-0.2, 0) is 0 Å². The summed E-state index contributed by atoms with van der Waals surface area (Å²) in [5.74, 6) is 0.185. The molecule has 0 aliphatic carbocycles. The molecule has 9 heteroatoms. The third kappa shape index (κ3) is 4.38. The van der Waals surface area contributed by atoms with Crippen molar-refractivity contribution in [3.8, 4) is 11.5 Å². The second kappa shape index (κ2) is 8.71. The summed E-state index contributed by atoms with van der Waals surface area (Å²) >= 11 is 17.2. The molecule has 6 nitrogen and oxygen atoms in total. The van der Waals surface area contributed by atoms with Gasteiger partial charge >= 0.3 is 0 Å². The lowest BCUT2D eigenvalue weighted by Gasteiger charge is -2.14. The first kappa shape index (κ1) is 20.2. The van der Waals surface area contributed by atoms with Crippen LogP contribution >= 0.6 is 35.4 Å². The second-order valence-corrected chi connectivity index (χ2v) is 7.46. The molecule has 1 amide bonds. The lowest BCUT2D eigenvalue weighted by molar-refractivity contribution is 0.0946. The molecule has 0 unspecified atom stereocenters. The molecule has 0 saturated carbocycles. The number of aromatic nitrogens is 1. The minimum absolute atomic E-state index is 0.164. The van der Waals surface area contributed by atoms with Gasteiger partial charge < -0.3 is 9.73 Å². The zero-order valence-electron chi connectivity index (χ0n) is 15.3. The van der Waals surface area contributed by atoms with Gasteiger partial charge in [-0.1, -0.05) is 41.4 Å². The number of amides is 1. The molecular formula is C21H14Cl2N4O2S. The van der Waals surface area contributed by atoms with E-state index >= 15 is 0 Å². The number of nitrogens with zero attached hydrogens (tertiary/aromatic N) is 1. The molecule has 4 rings (SSSR count). The Hall–Kier alpha value is -3.13. The van der Waals surface area contributed by atoms with Crippen molar-refractivity contribution in [1.82, 2.24) is 15.8 Å². The number of rotatable bonds is 3. The van der Waals surface area contributed by atoms with E-state index in [1.807, 2.05) is 24.3 Å². The van der Waals surface area contributed by atoms with Crippen molar-refractivity contribution in [3.63, 3.8) is 0 Å². The maximum Gasteiger partial charge on any atom is 0.270 e. The van der Waals surface area contributed by atoms with Gasteiger partial charge in [-0.2, -0.15) is 0 Å². The third-order valence-electron chi connectivity index (χ3n) is 4.20. The molecule has 0 radical (unpaired) electrons. The summed E-state index contributed by atoms with van der Waals surface area (Å²) in [5, 5.41) is 4.68. The van der Waals surface area contributed by atoms with Crippen molar-refractivity contribution in [1.29, 1.82) is 0 Å². The average Bonchev–Trinajstić information content (AvgIpc) is 3.28. The standard InChI is InChI=1S/C21H14Cl2N4O2S/c22-12-7-8-17(15(23)10-12)25-21(30)27-26-20(28)14-11-18(19-6-3-9-29-19)24-16-5-2-1-4-13(14)16/h1-11H,(H,26,28)(H2,25,27,30). The molecule has 4 aromatic rings. The number of para-hydroxylation sites is 1. The molecule has 150 valence electrons. The second-order valence-electron chi connectivity index (χ2n) is 6.21. The number of thiocarbonyl (C=S) groups is 1. The van der Waals surface area contributed by atoms with Gasteiger partial charge in [0.25, 0.3) is 5.91 Å². The maximum atomic E-state index is 12.9. The Morgan fingerprint density at radius 3 is 2.60 bits per heavy atom. The van der Waals surface area contributed by atoms with Crippen LogP contribution in [0.2, 0.25) is 10.0 Å². The number of halogens is 2. The number of furan rings is 1. The predicted octanol–water partition coefficient (Wildman–Crippen LogP) is 5.43. The quantitative estimate of drug-likeness (QED) is 0.281. The highest BCUT2D eigenvalue weighted by molar-refractivity contribution is 7.80. The number of pyridine rings is 1. The summed E-state index contributed by atoms with van der Waals surface area (Å²) in [6.45, 7) is 0. The maximum absolute atomic E-state index is 12.9. The van der Waals surface area contributed by atoms with Crippen LogP contribution in [-0.4, -0.2) is 16.0 Å². The monoisotopic (exact) mass is 456 g/mol. The zero-order chi connectivity index (χ0) is 21.1. The fourth-order valence-electron chi connectivity index (χ4n) is 2.84. The minimum Gasteiger partial charge on any atom is -0.463 e. The first-order valence-electron chi connectivity index (χ1n) is 8.77. The smallest absolute Gasteiger partial charge is 0.270 e. The first-order chi connectivity index (χ1) is 14.5. The van der Waals surface area contributed by atoms with Crippen molar-refractivity contribution < 1.29 is 9.21 Å². The van der Waals surface area contributed by atoms with Gasteiger partial charge in [-0.3, -0.25) is 15.6 Å². The van der Waals surface area contributed by atoms with Crippen LogP contribution in [0.3, 0.4) is 0 Å². The van der Waals surface area contributed by atoms with Crippen molar-refractivity contribution in [3.05, 3.63) is 82.5 Å². The molecule has 0 saturated heterocycles. The van der Waals surface area contributed by atoms with E-state index in [1.54, 1.807) is 42.7 Å². The van der Waals surface area contributed by atoms with Crippen LogP contribution in [0, 0.1) is 0 Å². The van der Waals surface area contributed by atoms with E-state index in [9.17, 15) is 4.79 Å². The molecule has 0 aliphatic heterocycles. The Kier molecular flexibility index (Phi) is 5.85. The number of benzene rings is 2. The van der Waals surface area contributed by atoms with Gasteiger partial charge in [-0.05, 0) is 54.7 Å². The molecule has 2 aromatic carbocycles. The van der Waals surface area contributed by atoms with E-state index in [0.29, 0.717) is 43.7 Å². The summed E-state index contributed by atoms with van der Waals surface area (Å²) in [6.07, 6.45) is 1.56. The van der Waals surface area contributed by atoms with E-state index in [4.69, 9.17) is 39.8 Å². The molecule has 0 spiro atoms. The Balaban J connectivity index is 1.53. The number of nitrogens with one attached hydrogen (secondary N) is 3. The number of carbonyl (C=O) groups excluding carboxylic acids is 1. The van der Waals surface area contributed by atoms with Crippen LogP contribution in [0.1, 0.15) is 10.4 Å². The highest BCUT2D eigenvalue weighted by atomic mass is 35.5. The molecule has 2 heterocycles. The molecule has 0 aliphatic rings. The highest BCUT2D eigenvalue weighted by Gasteiger charge is 2.15. The number of anilines is 1. The fraction of sp³-hybridized carbons (Fsp3) is 0. The number of hydrogen-bond acceptors (Lipinski definition) is 4. The lowest BCUT2D eigenvalue weighted by atomic mass is 10.1. The Bertz CT molecular complexity index is 1250. The van der Waals surface area contributed by atoms with E-state index in [-0.39, 0.29) is 11.0 Å². The SMILES string of the molecule is O=C(NNC(=S)Nc1ccc(Cl)cc1Cl)c1cc(-c2ccco2)nc2ccccc12. The summed E-state index contributed by atoms with van der Waals surface area (Å²) in [5.41, 5.74) is 7.48. The first-order valence-corrected chi connectivity index (χ1v) is 9.94. The van der Waals surface area contributed by atoms with Crippen LogP contribution < -0.4 is 16.2 Å². The summed E-state index contributed by atoms with van der Waals surface area (Å²) in [6, 6.07) is 17.5. The average molecular weight is 457 g/mol. The predicted molar refractivity (Wildman–Crippen MR) is 123 cm³/mol. The molecular weight excluding hydrogens is 443 g/mol. The molecule has 0 fully saturated rings. The topological polar surface area (TPSA) is 79.2 Å². The van der Waals surface area contributed by atoms with Crippen LogP contribution in [0.25, 0.3) is 22.4 Å². The van der Waals surface area contributed by atoms with Crippen molar-refractivity contribution in [2.45, 2.75) is 0 Å². The zero-order valence-corrected chi connectivity index (χ0v) is 17.6. The number of fused-ring (bicyclic) bond motifs is 1. The van der Waals surface area contributed by atoms with Crippen LogP contribution in [0.4, 0.5) is 5.69 Å². The van der Waals surface area contributed by atoms with Crippen LogP contribution in [0.5, 0.6) is 0 Å². The molecule has 0 bridgehead atoms. The van der Waals surface area contributed by atoms with Gasteiger partial charge in [0, 0.05) is 10.4 Å². The van der Waals surface area contributed by atoms with Gasteiger partial charge in [0.15, 0.2) is 10.9 Å².